The van der Waals surface area contributed by atoms with Gasteiger partial charge in [-0.25, -0.2) is 4.98 Å². The number of furan rings is 1. The third-order valence-electron chi connectivity index (χ3n) is 11.4. The van der Waals surface area contributed by atoms with Gasteiger partial charge in [0, 0.05) is 22.1 Å². The van der Waals surface area contributed by atoms with Gasteiger partial charge in [0.1, 0.15) is 5.58 Å². The van der Waals surface area contributed by atoms with Crippen LogP contribution < -0.4 is 10.4 Å². The molecule has 2 atom stereocenters. The van der Waals surface area contributed by atoms with E-state index in [1.807, 2.05) is 18.2 Å². The molecule has 54 heavy (non-hydrogen) atoms. The molecule has 2 aliphatic carbocycles. The molecule has 0 amide bonds. The number of aryl methyl sites for hydroxylation is 1. The molecule has 2 aliphatic rings. The number of nitrogens with zero attached hydrogens (tertiary/aromatic N) is 1. The summed E-state index contributed by atoms with van der Waals surface area (Å²) in [5.41, 5.74) is 15.2. The van der Waals surface area contributed by atoms with E-state index in [-0.39, 0.29) is 0 Å². The summed E-state index contributed by atoms with van der Waals surface area (Å²) in [5, 5.41) is 5.97. The van der Waals surface area contributed by atoms with Gasteiger partial charge in [0.2, 0.25) is 5.71 Å². The Kier molecular flexibility index (Phi) is 7.84. The van der Waals surface area contributed by atoms with E-state index in [0.29, 0.717) is 17.5 Å². The Labute approximate surface area is 315 Å². The average molecular weight is 694 g/mol. The van der Waals surface area contributed by atoms with Crippen molar-refractivity contribution in [2.45, 2.75) is 19.8 Å². The maximum Gasteiger partial charge on any atom is 0.227 e. The first-order valence-electron chi connectivity index (χ1n) is 19.0. The Morgan fingerprint density at radius 1 is 0.667 bits per heavy atom. The van der Waals surface area contributed by atoms with E-state index in [4.69, 9.17) is 9.40 Å². The molecule has 0 saturated heterocycles. The molecule has 2 aromatic heterocycles. The van der Waals surface area contributed by atoms with Crippen molar-refractivity contribution < 1.29 is 4.42 Å². The molecule has 2 heteroatoms. The standard InChI is InChI=1S/C52H39NO/c1-3-4-12-35-13-5-6-16-41(35)38-14-11-15-40(30-38)51-44-19-9-7-17-42(44)50(43-18-8-10-20-45(43)51)36-24-22-34(23-25-36)37-26-27-39-31-47-46-29-33(2)21-28-49(46)54-52(47)53-48(39)32-37/h3-9,11-19,21-32,43,45H,1,10,20H2,2H3/b12-4-. The van der Waals surface area contributed by atoms with Crippen LogP contribution in [0.15, 0.2) is 175 Å². The quantitative estimate of drug-likeness (QED) is 0.128. The van der Waals surface area contributed by atoms with Crippen LogP contribution in [-0.4, -0.2) is 4.98 Å². The molecule has 0 saturated carbocycles. The van der Waals surface area contributed by atoms with Crippen LogP contribution in [0.4, 0.5) is 0 Å². The first-order valence-corrected chi connectivity index (χ1v) is 19.0. The van der Waals surface area contributed by atoms with Crippen LogP contribution in [-0.2, 0) is 0 Å². The van der Waals surface area contributed by atoms with Gasteiger partial charge < -0.3 is 4.42 Å². The van der Waals surface area contributed by atoms with Crippen LogP contribution in [0, 0.1) is 18.8 Å². The van der Waals surface area contributed by atoms with Gasteiger partial charge in [0.15, 0.2) is 0 Å². The van der Waals surface area contributed by atoms with E-state index in [0.717, 1.165) is 45.7 Å². The first kappa shape index (κ1) is 32.2. The summed E-state index contributed by atoms with van der Waals surface area (Å²) in [6.07, 6.45) is 13.1. The fourth-order valence-electron chi connectivity index (χ4n) is 8.92. The van der Waals surface area contributed by atoms with Gasteiger partial charge in [0.05, 0.1) is 5.52 Å². The van der Waals surface area contributed by atoms with Gasteiger partial charge in [0.25, 0.3) is 0 Å². The fraction of sp³-hybridized carbons (Fsp3) is 0.0962. The molecular formula is C52H39NO. The van der Waals surface area contributed by atoms with Crippen molar-refractivity contribution in [3.8, 4) is 22.3 Å². The topological polar surface area (TPSA) is 26.0 Å². The third kappa shape index (κ3) is 5.45. The molecule has 2 nitrogen and oxygen atoms in total. The van der Waals surface area contributed by atoms with Gasteiger partial charge in [-0.05, 0) is 117 Å². The van der Waals surface area contributed by atoms with Gasteiger partial charge in [-0.2, -0.15) is 0 Å². The Hall–Kier alpha value is -6.51. The maximum atomic E-state index is 6.17. The molecular weight excluding hydrogens is 655 g/mol. The number of allylic oxidation sites excluding steroid dienone is 4. The van der Waals surface area contributed by atoms with Crippen LogP contribution in [0.25, 0.3) is 72.4 Å². The number of benzene rings is 6. The lowest BCUT2D eigenvalue weighted by molar-refractivity contribution is 0.513. The van der Waals surface area contributed by atoms with E-state index >= 15 is 0 Å². The van der Waals surface area contributed by atoms with Crippen molar-refractivity contribution in [2.24, 2.45) is 11.8 Å². The molecule has 0 spiro atoms. The highest BCUT2D eigenvalue weighted by molar-refractivity contribution is 6.08. The van der Waals surface area contributed by atoms with E-state index in [1.54, 1.807) is 0 Å². The van der Waals surface area contributed by atoms with E-state index in [2.05, 4.69) is 165 Å². The third-order valence-corrected chi connectivity index (χ3v) is 11.4. The number of hydrogen-bond acceptors (Lipinski definition) is 2. The lowest BCUT2D eigenvalue weighted by Gasteiger charge is -2.36. The normalized spacial score (nSPS) is 16.7. The second kappa shape index (κ2) is 13.2. The smallest absolute Gasteiger partial charge is 0.227 e. The van der Waals surface area contributed by atoms with E-state index in [9.17, 15) is 0 Å². The molecule has 0 N–H and O–H groups in total. The SMILES string of the molecule is C=C/C=C\c1ccccc1-c1cccc(C2=c3ccccc3=C(c3ccc(-c4ccc5cc6c(nc5c4)oc4ccc(C)cc46)cc3)C3C=CCCC23)c1. The zero-order valence-electron chi connectivity index (χ0n) is 30.3. The highest BCUT2D eigenvalue weighted by Gasteiger charge is 2.33. The van der Waals surface area contributed by atoms with E-state index < -0.39 is 0 Å². The number of pyridine rings is 1. The number of rotatable bonds is 6. The molecule has 0 fully saturated rings. The fourth-order valence-corrected chi connectivity index (χ4v) is 8.92. The second-order valence-corrected chi connectivity index (χ2v) is 14.7. The summed E-state index contributed by atoms with van der Waals surface area (Å²) in [4.78, 5) is 4.98. The number of fused-ring (bicyclic) bond motifs is 6. The van der Waals surface area contributed by atoms with Crippen molar-refractivity contribution in [1.29, 1.82) is 0 Å². The van der Waals surface area contributed by atoms with Gasteiger partial charge in [-0.1, -0.05) is 152 Å². The molecule has 2 heterocycles. The minimum Gasteiger partial charge on any atom is -0.438 e. The van der Waals surface area contributed by atoms with Crippen molar-refractivity contribution in [3.63, 3.8) is 0 Å². The zero-order chi connectivity index (χ0) is 36.2. The van der Waals surface area contributed by atoms with Crippen LogP contribution in [0.1, 0.15) is 35.1 Å². The molecule has 6 aromatic carbocycles. The molecule has 0 radical (unpaired) electrons. The lowest BCUT2D eigenvalue weighted by atomic mass is 9.68. The zero-order valence-corrected chi connectivity index (χ0v) is 30.3. The predicted octanol–water partition coefficient (Wildman–Crippen LogP) is 12.0. The lowest BCUT2D eigenvalue weighted by Crippen LogP contribution is -2.40. The van der Waals surface area contributed by atoms with Crippen LogP contribution in [0.2, 0.25) is 0 Å². The van der Waals surface area contributed by atoms with Gasteiger partial charge in [-0.3, -0.25) is 0 Å². The van der Waals surface area contributed by atoms with E-state index in [1.165, 1.54) is 60.5 Å². The summed E-state index contributed by atoms with van der Waals surface area (Å²) in [7, 11) is 0. The molecule has 0 aliphatic heterocycles. The Balaban J connectivity index is 1.07. The first-order chi connectivity index (χ1) is 26.6. The van der Waals surface area contributed by atoms with Crippen LogP contribution >= 0.6 is 0 Å². The number of aromatic nitrogens is 1. The minimum atomic E-state index is 0.292. The largest absolute Gasteiger partial charge is 0.438 e. The molecule has 2 unspecified atom stereocenters. The maximum absolute atomic E-state index is 6.17. The number of hydrogen-bond donors (Lipinski definition) is 0. The highest BCUT2D eigenvalue weighted by Crippen LogP contribution is 2.43. The summed E-state index contributed by atoms with van der Waals surface area (Å²) >= 11 is 0. The van der Waals surface area contributed by atoms with Crippen molar-refractivity contribution in [3.05, 3.63) is 203 Å². The van der Waals surface area contributed by atoms with Crippen molar-refractivity contribution in [1.82, 2.24) is 4.98 Å². The molecule has 0 bridgehead atoms. The van der Waals surface area contributed by atoms with Crippen molar-refractivity contribution >= 4 is 50.2 Å². The summed E-state index contributed by atoms with van der Waals surface area (Å²) in [6, 6.07) is 51.2. The summed E-state index contributed by atoms with van der Waals surface area (Å²) in [5.74, 6) is 0.678. The molecule has 10 rings (SSSR count). The minimum absolute atomic E-state index is 0.292. The van der Waals surface area contributed by atoms with Crippen LogP contribution in [0.5, 0.6) is 0 Å². The highest BCUT2D eigenvalue weighted by atomic mass is 16.3. The van der Waals surface area contributed by atoms with Gasteiger partial charge >= 0.3 is 0 Å². The Morgan fingerprint density at radius 2 is 1.44 bits per heavy atom. The van der Waals surface area contributed by atoms with Crippen LogP contribution in [0.3, 0.4) is 0 Å². The average Bonchev–Trinajstić information content (AvgIpc) is 3.57. The Morgan fingerprint density at radius 3 is 2.31 bits per heavy atom. The predicted molar refractivity (Wildman–Crippen MR) is 226 cm³/mol. The summed E-state index contributed by atoms with van der Waals surface area (Å²) < 4.78 is 6.17. The van der Waals surface area contributed by atoms with Crippen molar-refractivity contribution in [2.75, 3.05) is 0 Å². The van der Waals surface area contributed by atoms with Gasteiger partial charge in [-0.15, -0.1) is 0 Å². The Bertz CT molecular complexity index is 2970. The monoisotopic (exact) mass is 693 g/mol. The molecule has 8 aromatic rings. The molecule has 258 valence electrons. The second-order valence-electron chi connectivity index (χ2n) is 14.7. The summed E-state index contributed by atoms with van der Waals surface area (Å²) in [6.45, 7) is 5.99.